The van der Waals surface area contributed by atoms with Crippen LogP contribution in [0.25, 0.3) is 0 Å². The average molecular weight is 423 g/mol. The maximum atomic E-state index is 11.9. The standard InChI is InChI=1S/C20H20Cl2N2O4/c1-20(27-8-9-28-20)11-19(25)24-23-12-14-2-6-17(7-3-14)26-13-15-4-5-16(21)10-18(15)22/h2-7,10,12H,8-9,11,13H2,1H3,(H,24,25)/b23-12+. The number of benzene rings is 2. The van der Waals surface area contributed by atoms with Gasteiger partial charge in [0, 0.05) is 15.6 Å². The van der Waals surface area contributed by atoms with Gasteiger partial charge in [0.25, 0.3) is 0 Å². The number of rotatable bonds is 7. The van der Waals surface area contributed by atoms with Crippen LogP contribution in [0.4, 0.5) is 0 Å². The Labute approximate surface area is 173 Å². The van der Waals surface area contributed by atoms with Gasteiger partial charge in [-0.05, 0) is 48.9 Å². The van der Waals surface area contributed by atoms with Crippen LogP contribution in [0.3, 0.4) is 0 Å². The molecule has 2 aromatic rings. The molecule has 6 nitrogen and oxygen atoms in total. The van der Waals surface area contributed by atoms with Crippen LogP contribution in [-0.2, 0) is 20.9 Å². The van der Waals surface area contributed by atoms with Crippen LogP contribution in [-0.4, -0.2) is 31.1 Å². The van der Waals surface area contributed by atoms with Crippen molar-refractivity contribution in [3.63, 3.8) is 0 Å². The van der Waals surface area contributed by atoms with Gasteiger partial charge in [0.2, 0.25) is 5.91 Å². The molecule has 2 aromatic carbocycles. The van der Waals surface area contributed by atoms with E-state index >= 15 is 0 Å². The van der Waals surface area contributed by atoms with E-state index in [0.717, 1.165) is 11.1 Å². The van der Waals surface area contributed by atoms with Crippen LogP contribution >= 0.6 is 23.2 Å². The SMILES string of the molecule is CC1(CC(=O)N/N=C/c2ccc(OCc3ccc(Cl)cc3Cl)cc2)OCCO1. The van der Waals surface area contributed by atoms with E-state index in [4.69, 9.17) is 37.4 Å². The van der Waals surface area contributed by atoms with Gasteiger partial charge in [-0.15, -0.1) is 0 Å². The van der Waals surface area contributed by atoms with Gasteiger partial charge in [-0.1, -0.05) is 29.3 Å². The highest BCUT2D eigenvalue weighted by Gasteiger charge is 2.33. The molecule has 1 saturated heterocycles. The monoisotopic (exact) mass is 422 g/mol. The molecule has 1 amide bonds. The quantitative estimate of drug-likeness (QED) is 0.536. The lowest BCUT2D eigenvalue weighted by molar-refractivity contribution is -0.159. The van der Waals surface area contributed by atoms with E-state index in [1.807, 2.05) is 30.3 Å². The van der Waals surface area contributed by atoms with E-state index < -0.39 is 5.79 Å². The summed E-state index contributed by atoms with van der Waals surface area (Å²) in [6.45, 7) is 3.05. The first-order valence-corrected chi connectivity index (χ1v) is 9.46. The van der Waals surface area contributed by atoms with Crippen molar-refractivity contribution in [3.05, 3.63) is 63.6 Å². The van der Waals surface area contributed by atoms with E-state index in [2.05, 4.69) is 10.5 Å². The maximum absolute atomic E-state index is 11.9. The van der Waals surface area contributed by atoms with Crippen molar-refractivity contribution in [3.8, 4) is 5.75 Å². The van der Waals surface area contributed by atoms with Gasteiger partial charge < -0.3 is 14.2 Å². The lowest BCUT2D eigenvalue weighted by Crippen LogP contribution is -2.33. The zero-order chi connectivity index (χ0) is 20.0. The third-order valence-corrected chi connectivity index (χ3v) is 4.66. The fourth-order valence-electron chi connectivity index (χ4n) is 2.62. The van der Waals surface area contributed by atoms with Crippen LogP contribution in [0, 0.1) is 0 Å². The lowest BCUT2D eigenvalue weighted by atomic mass is 10.2. The van der Waals surface area contributed by atoms with E-state index in [0.29, 0.717) is 35.6 Å². The molecule has 8 heteroatoms. The third-order valence-electron chi connectivity index (χ3n) is 4.07. The molecule has 0 spiro atoms. The molecule has 1 fully saturated rings. The number of amides is 1. The van der Waals surface area contributed by atoms with Gasteiger partial charge in [-0.2, -0.15) is 5.10 Å². The zero-order valence-electron chi connectivity index (χ0n) is 15.3. The Bertz CT molecular complexity index is 850. The van der Waals surface area contributed by atoms with Crippen LogP contribution in [0.2, 0.25) is 10.0 Å². The molecule has 28 heavy (non-hydrogen) atoms. The number of hydrogen-bond acceptors (Lipinski definition) is 5. The number of hydrogen-bond donors (Lipinski definition) is 1. The number of carbonyl (C=O) groups excluding carboxylic acids is 1. The fourth-order valence-corrected chi connectivity index (χ4v) is 3.08. The summed E-state index contributed by atoms with van der Waals surface area (Å²) < 4.78 is 16.5. The van der Waals surface area contributed by atoms with E-state index in [1.54, 1.807) is 25.3 Å². The Kier molecular flexibility index (Phi) is 6.91. The Morgan fingerprint density at radius 1 is 1.21 bits per heavy atom. The summed E-state index contributed by atoms with van der Waals surface area (Å²) in [6, 6.07) is 12.6. The topological polar surface area (TPSA) is 69.2 Å². The molecule has 0 bridgehead atoms. The van der Waals surface area contributed by atoms with Crippen LogP contribution in [0.15, 0.2) is 47.6 Å². The van der Waals surface area contributed by atoms with Gasteiger partial charge in [0.05, 0.1) is 25.8 Å². The first kappa shape index (κ1) is 20.6. The van der Waals surface area contributed by atoms with Gasteiger partial charge in [0.15, 0.2) is 5.79 Å². The van der Waals surface area contributed by atoms with Crippen molar-refractivity contribution in [1.82, 2.24) is 5.43 Å². The Balaban J connectivity index is 1.47. The summed E-state index contributed by atoms with van der Waals surface area (Å²) in [5, 5.41) is 5.10. The lowest BCUT2D eigenvalue weighted by Gasteiger charge is -2.20. The fraction of sp³-hybridized carbons (Fsp3) is 0.300. The molecule has 148 valence electrons. The van der Waals surface area contributed by atoms with Crippen molar-refractivity contribution >= 4 is 35.3 Å². The second kappa shape index (κ2) is 9.39. The molecule has 0 saturated carbocycles. The number of ether oxygens (including phenoxy) is 3. The Morgan fingerprint density at radius 2 is 1.93 bits per heavy atom. The highest BCUT2D eigenvalue weighted by Crippen LogP contribution is 2.23. The molecule has 0 radical (unpaired) electrons. The Hall–Kier alpha value is -2.12. The summed E-state index contributed by atoms with van der Waals surface area (Å²) in [6.07, 6.45) is 1.64. The smallest absolute Gasteiger partial charge is 0.245 e. The minimum atomic E-state index is -0.869. The second-order valence-electron chi connectivity index (χ2n) is 6.39. The van der Waals surface area contributed by atoms with Crippen molar-refractivity contribution in [1.29, 1.82) is 0 Å². The van der Waals surface area contributed by atoms with E-state index in [-0.39, 0.29) is 12.3 Å². The molecule has 0 unspecified atom stereocenters. The van der Waals surface area contributed by atoms with E-state index in [1.165, 1.54) is 0 Å². The minimum absolute atomic E-state index is 0.0877. The summed E-state index contributed by atoms with van der Waals surface area (Å²) in [5.74, 6) is -0.456. The van der Waals surface area contributed by atoms with Gasteiger partial charge in [-0.3, -0.25) is 4.79 Å². The first-order chi connectivity index (χ1) is 13.4. The van der Waals surface area contributed by atoms with Gasteiger partial charge in [0.1, 0.15) is 12.4 Å². The van der Waals surface area contributed by atoms with Crippen LogP contribution in [0.5, 0.6) is 5.75 Å². The third kappa shape index (κ3) is 5.94. The van der Waals surface area contributed by atoms with Crippen molar-refractivity contribution in [2.75, 3.05) is 13.2 Å². The molecule has 1 heterocycles. The summed E-state index contributed by atoms with van der Waals surface area (Å²) in [5.41, 5.74) is 4.14. The molecule has 1 aliphatic rings. The van der Waals surface area contributed by atoms with Crippen molar-refractivity contribution in [2.24, 2.45) is 5.10 Å². The predicted octanol–water partition coefficient (Wildman–Crippen LogP) is 4.18. The van der Waals surface area contributed by atoms with Crippen LogP contribution < -0.4 is 10.2 Å². The second-order valence-corrected chi connectivity index (χ2v) is 7.24. The average Bonchev–Trinajstić information content (AvgIpc) is 3.08. The predicted molar refractivity (Wildman–Crippen MR) is 108 cm³/mol. The number of nitrogens with one attached hydrogen (secondary N) is 1. The largest absolute Gasteiger partial charge is 0.489 e. The maximum Gasteiger partial charge on any atom is 0.245 e. The number of carbonyl (C=O) groups is 1. The zero-order valence-corrected chi connectivity index (χ0v) is 16.8. The van der Waals surface area contributed by atoms with Crippen LogP contribution in [0.1, 0.15) is 24.5 Å². The summed E-state index contributed by atoms with van der Waals surface area (Å²) in [7, 11) is 0. The summed E-state index contributed by atoms with van der Waals surface area (Å²) in [4.78, 5) is 11.9. The van der Waals surface area contributed by atoms with Crippen molar-refractivity contribution < 1.29 is 19.0 Å². The van der Waals surface area contributed by atoms with E-state index in [9.17, 15) is 4.79 Å². The minimum Gasteiger partial charge on any atom is -0.489 e. The summed E-state index contributed by atoms with van der Waals surface area (Å²) >= 11 is 12.0. The number of nitrogens with zero attached hydrogens (tertiary/aromatic N) is 1. The highest BCUT2D eigenvalue weighted by atomic mass is 35.5. The molecular weight excluding hydrogens is 403 g/mol. The molecule has 3 rings (SSSR count). The highest BCUT2D eigenvalue weighted by molar-refractivity contribution is 6.35. The van der Waals surface area contributed by atoms with Crippen molar-refractivity contribution in [2.45, 2.75) is 25.7 Å². The molecule has 0 atom stereocenters. The molecule has 0 aromatic heterocycles. The first-order valence-electron chi connectivity index (χ1n) is 8.70. The normalized spacial score (nSPS) is 15.7. The van der Waals surface area contributed by atoms with Gasteiger partial charge in [-0.25, -0.2) is 5.43 Å². The molecule has 1 aliphatic heterocycles. The molecular formula is C20H20Cl2N2O4. The Morgan fingerprint density at radius 3 is 2.61 bits per heavy atom. The molecule has 0 aliphatic carbocycles. The number of hydrazone groups is 1. The van der Waals surface area contributed by atoms with Gasteiger partial charge >= 0.3 is 0 Å². The number of halogens is 2. The molecule has 1 N–H and O–H groups in total.